The Morgan fingerprint density at radius 1 is 1.53 bits per heavy atom. The van der Waals surface area contributed by atoms with Gasteiger partial charge in [0.2, 0.25) is 0 Å². The second-order valence-electron chi connectivity index (χ2n) is 3.78. The quantitative estimate of drug-likeness (QED) is 0.844. The number of rotatable bonds is 6. The zero-order chi connectivity index (χ0) is 12.7. The molecular formula is C13H17NO2S. The van der Waals surface area contributed by atoms with Crippen molar-refractivity contribution in [3.63, 3.8) is 0 Å². The minimum absolute atomic E-state index is 0.227. The van der Waals surface area contributed by atoms with Crippen LogP contribution in [0.5, 0.6) is 5.75 Å². The van der Waals surface area contributed by atoms with E-state index in [4.69, 9.17) is 15.1 Å². The topological polar surface area (TPSA) is 53.2 Å². The van der Waals surface area contributed by atoms with Crippen LogP contribution in [0.15, 0.2) is 18.2 Å². The van der Waals surface area contributed by atoms with Gasteiger partial charge in [-0.15, -0.1) is 0 Å². The Balaban J connectivity index is 2.64. The smallest absolute Gasteiger partial charge is 0.136 e. The van der Waals surface area contributed by atoms with E-state index in [1.54, 1.807) is 24.9 Å². The monoisotopic (exact) mass is 251 g/mol. The number of hydrogen-bond donors (Lipinski definition) is 1. The van der Waals surface area contributed by atoms with Gasteiger partial charge in [-0.05, 0) is 24.1 Å². The fraction of sp³-hybridized carbons (Fsp3) is 0.462. The Kier molecular flexibility index (Phi) is 5.88. The number of aliphatic hydroxyl groups is 1. The molecule has 17 heavy (non-hydrogen) atoms. The van der Waals surface area contributed by atoms with Crippen LogP contribution in [0.1, 0.15) is 24.5 Å². The summed E-state index contributed by atoms with van der Waals surface area (Å²) in [6.07, 6.45) is 0.804. The first kappa shape index (κ1) is 13.9. The number of aliphatic hydroxyl groups excluding tert-OH is 1. The summed E-state index contributed by atoms with van der Waals surface area (Å²) in [4.78, 5) is 0. The molecule has 0 heterocycles. The van der Waals surface area contributed by atoms with Crippen molar-refractivity contribution in [3.05, 3.63) is 29.3 Å². The van der Waals surface area contributed by atoms with E-state index in [1.807, 2.05) is 12.1 Å². The molecule has 0 bridgehead atoms. The molecule has 0 aliphatic carbocycles. The van der Waals surface area contributed by atoms with Crippen LogP contribution in [0, 0.1) is 11.3 Å². The average Bonchev–Trinajstić information content (AvgIpc) is 2.36. The van der Waals surface area contributed by atoms with Gasteiger partial charge >= 0.3 is 0 Å². The molecule has 0 radical (unpaired) electrons. The van der Waals surface area contributed by atoms with Gasteiger partial charge in [-0.25, -0.2) is 0 Å². The lowest BCUT2D eigenvalue weighted by molar-refractivity contribution is 0.289. The van der Waals surface area contributed by atoms with Gasteiger partial charge in [-0.3, -0.25) is 0 Å². The maximum absolute atomic E-state index is 8.87. The highest BCUT2D eigenvalue weighted by Gasteiger charge is 2.06. The first-order valence-electron chi connectivity index (χ1n) is 5.50. The summed E-state index contributed by atoms with van der Waals surface area (Å²) in [7, 11) is 1.57. The molecule has 1 unspecified atom stereocenters. The van der Waals surface area contributed by atoms with Gasteiger partial charge < -0.3 is 9.84 Å². The molecule has 0 saturated carbocycles. The van der Waals surface area contributed by atoms with Crippen LogP contribution < -0.4 is 4.74 Å². The van der Waals surface area contributed by atoms with Crippen molar-refractivity contribution in [1.82, 2.24) is 0 Å². The fourth-order valence-electron chi connectivity index (χ4n) is 1.42. The first-order valence-corrected chi connectivity index (χ1v) is 6.55. The molecule has 1 aromatic rings. The Morgan fingerprint density at radius 2 is 2.29 bits per heavy atom. The van der Waals surface area contributed by atoms with Crippen molar-refractivity contribution < 1.29 is 9.84 Å². The summed E-state index contributed by atoms with van der Waals surface area (Å²) >= 11 is 1.79. The zero-order valence-corrected chi connectivity index (χ0v) is 11.0. The second-order valence-corrected chi connectivity index (χ2v) is 5.21. The SMILES string of the molecule is COc1cc(CSC(C)CCO)ccc1C#N. The minimum Gasteiger partial charge on any atom is -0.495 e. The third-order valence-electron chi connectivity index (χ3n) is 2.46. The van der Waals surface area contributed by atoms with Crippen LogP contribution >= 0.6 is 11.8 Å². The highest BCUT2D eigenvalue weighted by molar-refractivity contribution is 7.99. The van der Waals surface area contributed by atoms with Gasteiger partial charge in [0.25, 0.3) is 0 Å². The Hall–Kier alpha value is -1.18. The van der Waals surface area contributed by atoms with Crippen LogP contribution in [0.3, 0.4) is 0 Å². The molecule has 0 amide bonds. The summed E-state index contributed by atoms with van der Waals surface area (Å²) in [5.74, 6) is 1.49. The number of methoxy groups -OCH3 is 1. The third kappa shape index (κ3) is 4.29. The van der Waals surface area contributed by atoms with Gasteiger partial charge in [0.15, 0.2) is 0 Å². The van der Waals surface area contributed by atoms with Crippen molar-refractivity contribution in [2.75, 3.05) is 13.7 Å². The molecule has 0 spiro atoms. The van der Waals surface area contributed by atoms with Gasteiger partial charge in [0.1, 0.15) is 11.8 Å². The second kappa shape index (κ2) is 7.21. The molecule has 0 aliphatic rings. The van der Waals surface area contributed by atoms with Crippen molar-refractivity contribution in [1.29, 1.82) is 5.26 Å². The van der Waals surface area contributed by atoms with Crippen LogP contribution in [0.25, 0.3) is 0 Å². The Labute approximate surface area is 106 Å². The summed E-state index contributed by atoms with van der Waals surface area (Å²) < 4.78 is 5.16. The molecule has 92 valence electrons. The van der Waals surface area contributed by atoms with Crippen molar-refractivity contribution >= 4 is 11.8 Å². The molecule has 0 fully saturated rings. The van der Waals surface area contributed by atoms with Crippen LogP contribution in [0.2, 0.25) is 0 Å². The molecular weight excluding hydrogens is 234 g/mol. The van der Waals surface area contributed by atoms with E-state index < -0.39 is 0 Å². The molecule has 0 aromatic heterocycles. The maximum atomic E-state index is 8.87. The van der Waals surface area contributed by atoms with Crippen LogP contribution in [-0.4, -0.2) is 24.1 Å². The van der Waals surface area contributed by atoms with E-state index in [1.165, 1.54) is 0 Å². The van der Waals surface area contributed by atoms with Crippen molar-refractivity contribution in [3.8, 4) is 11.8 Å². The lowest BCUT2D eigenvalue weighted by Gasteiger charge is -2.10. The predicted octanol–water partition coefficient (Wildman–Crippen LogP) is 2.57. The van der Waals surface area contributed by atoms with Crippen molar-refractivity contribution in [2.45, 2.75) is 24.3 Å². The standard InChI is InChI=1S/C13H17NO2S/c1-10(5-6-15)17-9-11-3-4-12(8-14)13(7-11)16-2/h3-4,7,10,15H,5-6,9H2,1-2H3. The molecule has 3 nitrogen and oxygen atoms in total. The van der Waals surface area contributed by atoms with Crippen LogP contribution in [0.4, 0.5) is 0 Å². The van der Waals surface area contributed by atoms with E-state index in [9.17, 15) is 0 Å². The summed E-state index contributed by atoms with van der Waals surface area (Å²) in [6, 6.07) is 7.72. The molecule has 1 N–H and O–H groups in total. The van der Waals surface area contributed by atoms with E-state index in [0.717, 1.165) is 17.7 Å². The highest BCUT2D eigenvalue weighted by Crippen LogP contribution is 2.24. The van der Waals surface area contributed by atoms with Crippen LogP contribution in [-0.2, 0) is 5.75 Å². The molecule has 1 atom stereocenters. The van der Waals surface area contributed by atoms with Crippen molar-refractivity contribution in [2.24, 2.45) is 0 Å². The lowest BCUT2D eigenvalue weighted by atomic mass is 10.1. The highest BCUT2D eigenvalue weighted by atomic mass is 32.2. The minimum atomic E-state index is 0.227. The van der Waals surface area contributed by atoms with Gasteiger partial charge in [-0.1, -0.05) is 13.0 Å². The number of ether oxygens (including phenoxy) is 1. The lowest BCUT2D eigenvalue weighted by Crippen LogP contribution is -2.00. The Morgan fingerprint density at radius 3 is 2.88 bits per heavy atom. The summed E-state index contributed by atoms with van der Waals surface area (Å²) in [5.41, 5.74) is 1.69. The largest absolute Gasteiger partial charge is 0.495 e. The molecule has 4 heteroatoms. The maximum Gasteiger partial charge on any atom is 0.136 e. The van der Waals surface area contributed by atoms with E-state index in [2.05, 4.69) is 13.0 Å². The summed E-state index contributed by atoms with van der Waals surface area (Å²) in [5, 5.41) is 18.1. The van der Waals surface area contributed by atoms with E-state index in [0.29, 0.717) is 16.6 Å². The number of hydrogen-bond acceptors (Lipinski definition) is 4. The summed E-state index contributed by atoms with van der Waals surface area (Å²) in [6.45, 7) is 2.33. The number of thioether (sulfide) groups is 1. The molecule has 1 aromatic carbocycles. The van der Waals surface area contributed by atoms with Gasteiger partial charge in [0.05, 0.1) is 12.7 Å². The zero-order valence-electron chi connectivity index (χ0n) is 10.1. The fourth-order valence-corrected chi connectivity index (χ4v) is 2.35. The molecule has 0 aliphatic heterocycles. The van der Waals surface area contributed by atoms with Gasteiger partial charge in [-0.2, -0.15) is 17.0 Å². The molecule has 0 saturated heterocycles. The number of nitriles is 1. The Bertz CT molecular complexity index is 401. The third-order valence-corrected chi connectivity index (χ3v) is 3.76. The van der Waals surface area contributed by atoms with Gasteiger partial charge in [0, 0.05) is 17.6 Å². The van der Waals surface area contributed by atoms with E-state index in [-0.39, 0.29) is 6.61 Å². The number of nitrogens with zero attached hydrogens (tertiary/aromatic N) is 1. The molecule has 1 rings (SSSR count). The average molecular weight is 251 g/mol. The van der Waals surface area contributed by atoms with E-state index >= 15 is 0 Å². The predicted molar refractivity (Wildman–Crippen MR) is 70.2 cm³/mol. The normalized spacial score (nSPS) is 11.9. The number of benzene rings is 1. The first-order chi connectivity index (χ1) is 8.21.